The Bertz CT molecular complexity index is 1640. The summed E-state index contributed by atoms with van der Waals surface area (Å²) in [5.41, 5.74) is 3.50. The molecule has 248 valence electrons. The summed E-state index contributed by atoms with van der Waals surface area (Å²) in [6.07, 6.45) is 11.3. The number of hydrogen-bond acceptors (Lipinski definition) is 6. The quantitative estimate of drug-likeness (QED) is 0.352. The lowest BCUT2D eigenvalue weighted by atomic mass is 9.68. The van der Waals surface area contributed by atoms with E-state index in [2.05, 4.69) is 38.3 Å². The number of nitrogens with zero attached hydrogens (tertiary/aromatic N) is 2. The van der Waals surface area contributed by atoms with Crippen LogP contribution in [-0.2, 0) is 31.3 Å². The number of hydrogen-bond donors (Lipinski definition) is 1. The van der Waals surface area contributed by atoms with Crippen LogP contribution in [0, 0.1) is 11.8 Å². The van der Waals surface area contributed by atoms with Crippen molar-refractivity contribution in [3.63, 3.8) is 0 Å². The van der Waals surface area contributed by atoms with Crippen molar-refractivity contribution in [1.29, 1.82) is 0 Å². The Labute approximate surface area is 278 Å². The Morgan fingerprint density at radius 1 is 1.20 bits per heavy atom. The zero-order chi connectivity index (χ0) is 32.5. The number of ether oxygens (including phenoxy) is 2. The summed E-state index contributed by atoms with van der Waals surface area (Å²) < 4.78 is 34.0. The van der Waals surface area contributed by atoms with Gasteiger partial charge in [-0.05, 0) is 105 Å². The van der Waals surface area contributed by atoms with Crippen molar-refractivity contribution in [1.82, 2.24) is 4.72 Å². The topological polar surface area (TPSA) is 97.3 Å². The van der Waals surface area contributed by atoms with E-state index in [9.17, 15) is 13.8 Å². The normalized spacial score (nSPS) is 31.7. The second kappa shape index (κ2) is 13.7. The molecule has 0 aromatic heterocycles. The third-order valence-electron chi connectivity index (χ3n) is 10.6. The molecule has 2 aliphatic carbocycles. The smallest absolute Gasteiger partial charge is 0.286 e. The molecule has 10 heteroatoms. The van der Waals surface area contributed by atoms with E-state index in [0.29, 0.717) is 43.3 Å². The summed E-state index contributed by atoms with van der Waals surface area (Å²) >= 11 is 6.44. The molecule has 2 amide bonds. The maximum atomic E-state index is 14.4. The third kappa shape index (κ3) is 6.47. The van der Waals surface area contributed by atoms with Gasteiger partial charge in [-0.3, -0.25) is 14.3 Å². The van der Waals surface area contributed by atoms with Gasteiger partial charge >= 0.3 is 0 Å². The summed E-state index contributed by atoms with van der Waals surface area (Å²) in [4.78, 5) is 28.8. The van der Waals surface area contributed by atoms with Crippen molar-refractivity contribution in [2.75, 3.05) is 31.7 Å². The average Bonchev–Trinajstić information content (AvgIpc) is 3.18. The molecule has 2 aliphatic heterocycles. The number of carbonyl (C=O) groups is 2. The molecule has 2 heterocycles. The lowest BCUT2D eigenvalue weighted by molar-refractivity contribution is -0.119. The average molecular weight is 668 g/mol. The Morgan fingerprint density at radius 2 is 2.04 bits per heavy atom. The van der Waals surface area contributed by atoms with Crippen molar-refractivity contribution in [2.24, 2.45) is 16.2 Å². The minimum atomic E-state index is -3.39. The molecule has 1 saturated carbocycles. The van der Waals surface area contributed by atoms with E-state index in [0.717, 1.165) is 61.7 Å². The van der Waals surface area contributed by atoms with Crippen LogP contribution in [0.2, 0.25) is 5.02 Å². The molecule has 0 radical (unpaired) electrons. The first-order valence-electron chi connectivity index (χ1n) is 16.8. The van der Waals surface area contributed by atoms with Crippen molar-refractivity contribution >= 4 is 39.0 Å². The number of methoxy groups -OCH3 is 1. The molecule has 0 saturated heterocycles. The number of aryl methyl sites for hydroxylation is 1. The van der Waals surface area contributed by atoms with Gasteiger partial charge in [-0.15, -0.1) is 4.36 Å². The largest absolute Gasteiger partial charge is 0.490 e. The lowest BCUT2D eigenvalue weighted by Crippen LogP contribution is -2.49. The van der Waals surface area contributed by atoms with E-state index in [1.165, 1.54) is 11.1 Å². The second-order valence-electron chi connectivity index (χ2n) is 13.4. The summed E-state index contributed by atoms with van der Waals surface area (Å²) in [5, 5.41) is 0.265. The molecule has 2 bridgehead atoms. The molecule has 4 aliphatic rings. The van der Waals surface area contributed by atoms with Gasteiger partial charge < -0.3 is 14.4 Å². The van der Waals surface area contributed by atoms with Gasteiger partial charge in [0.15, 0.2) is 0 Å². The van der Waals surface area contributed by atoms with E-state index in [-0.39, 0.29) is 23.8 Å². The summed E-state index contributed by atoms with van der Waals surface area (Å²) in [6.45, 7) is 5.68. The first kappa shape index (κ1) is 33.0. The van der Waals surface area contributed by atoms with Crippen LogP contribution in [0.5, 0.6) is 5.75 Å². The van der Waals surface area contributed by atoms with Crippen LogP contribution in [0.3, 0.4) is 0 Å². The Balaban J connectivity index is 1.46. The molecule has 46 heavy (non-hydrogen) atoms. The lowest BCUT2D eigenvalue weighted by Gasteiger charge is -2.46. The SMILES string of the molecule is CCC(=O)N[S@]1(=O)=NC(=O)c2ccc3c(c2)N(C[C@@H]2CC[C@H]2[C@@H](OC)/C=C/CC[C@H]1CC)C[C@@]1(CCCc2cc(Cl)ccc21)CO3. The standard InChI is InChI=1S/C36H46ClN3O5S/c1-4-28-10-6-7-11-32(44-3)29-15-12-26(29)21-40-22-36(18-8-9-24-19-27(37)14-16-30(24)36)23-45-33-17-13-25(20-31(33)40)35(42)39-46(28,43)38-34(41)5-2/h7,11,13-14,16-17,19-20,26,28-29,32H,4-6,8-10,12,15,18,21-23H2,1-3H3,(H,38,39,41,42,43)/b11-7+/t26-,28+,29+,32-,36-,46-/m0/s1. The highest BCUT2D eigenvalue weighted by Gasteiger charge is 2.44. The molecule has 1 N–H and O–H groups in total. The van der Waals surface area contributed by atoms with Crippen LogP contribution < -0.4 is 14.4 Å². The van der Waals surface area contributed by atoms with Crippen LogP contribution in [0.4, 0.5) is 5.69 Å². The third-order valence-corrected chi connectivity index (χ3v) is 13.3. The summed E-state index contributed by atoms with van der Waals surface area (Å²) in [5.74, 6) is 0.518. The van der Waals surface area contributed by atoms with Gasteiger partial charge in [0.25, 0.3) is 5.91 Å². The van der Waals surface area contributed by atoms with Gasteiger partial charge in [-0.2, -0.15) is 0 Å². The van der Waals surface area contributed by atoms with Gasteiger partial charge in [-0.1, -0.05) is 43.7 Å². The number of amides is 2. The highest BCUT2D eigenvalue weighted by Crippen LogP contribution is 2.47. The van der Waals surface area contributed by atoms with Crippen LogP contribution in [0.1, 0.15) is 86.7 Å². The van der Waals surface area contributed by atoms with Crippen LogP contribution in [-0.4, -0.2) is 54.2 Å². The summed E-state index contributed by atoms with van der Waals surface area (Å²) in [7, 11) is -1.62. The van der Waals surface area contributed by atoms with E-state index in [1.54, 1.807) is 20.1 Å². The number of anilines is 1. The predicted octanol–water partition coefficient (Wildman–Crippen LogP) is 7.03. The molecular weight excluding hydrogens is 622 g/mol. The fourth-order valence-corrected chi connectivity index (χ4v) is 10.2. The molecule has 1 fully saturated rings. The van der Waals surface area contributed by atoms with Gasteiger partial charge in [-0.25, -0.2) is 4.21 Å². The number of allylic oxidation sites excluding steroid dienone is 1. The number of rotatable bonds is 4. The van der Waals surface area contributed by atoms with Gasteiger partial charge in [0.05, 0.1) is 23.6 Å². The maximum absolute atomic E-state index is 14.4. The number of fused-ring (bicyclic) bond motifs is 4. The maximum Gasteiger partial charge on any atom is 0.286 e. The minimum absolute atomic E-state index is 0.0253. The minimum Gasteiger partial charge on any atom is -0.490 e. The Morgan fingerprint density at radius 3 is 2.78 bits per heavy atom. The van der Waals surface area contributed by atoms with Gasteiger partial charge in [0.1, 0.15) is 15.7 Å². The molecular formula is C36H46ClN3O5S. The van der Waals surface area contributed by atoms with E-state index >= 15 is 0 Å². The van der Waals surface area contributed by atoms with E-state index < -0.39 is 21.1 Å². The fourth-order valence-electron chi connectivity index (χ4n) is 7.87. The first-order chi connectivity index (χ1) is 22.2. The zero-order valence-electron chi connectivity index (χ0n) is 27.1. The van der Waals surface area contributed by atoms with Crippen molar-refractivity contribution in [2.45, 2.75) is 88.4 Å². The molecule has 8 nitrogen and oxygen atoms in total. The number of nitrogens with one attached hydrogen (secondary N) is 1. The summed E-state index contributed by atoms with van der Waals surface area (Å²) in [6, 6.07) is 11.6. The van der Waals surface area contributed by atoms with Crippen molar-refractivity contribution in [3.05, 3.63) is 70.3 Å². The van der Waals surface area contributed by atoms with E-state index in [1.807, 2.05) is 25.1 Å². The molecule has 2 aromatic carbocycles. The highest BCUT2D eigenvalue weighted by molar-refractivity contribution is 7.93. The Hall–Kier alpha value is -2.88. The monoisotopic (exact) mass is 667 g/mol. The molecule has 6 rings (SSSR count). The number of halogens is 1. The van der Waals surface area contributed by atoms with Crippen molar-refractivity contribution in [3.8, 4) is 5.75 Å². The zero-order valence-corrected chi connectivity index (χ0v) is 28.7. The van der Waals surface area contributed by atoms with Gasteiger partial charge in [0.2, 0.25) is 5.91 Å². The highest BCUT2D eigenvalue weighted by atomic mass is 35.5. The van der Waals surface area contributed by atoms with Crippen molar-refractivity contribution < 1.29 is 23.3 Å². The Kier molecular flexibility index (Phi) is 9.83. The fraction of sp³-hybridized carbons (Fsp3) is 0.556. The van der Waals surface area contributed by atoms with Crippen LogP contribution in [0.25, 0.3) is 0 Å². The van der Waals surface area contributed by atoms with Crippen LogP contribution >= 0.6 is 11.6 Å². The molecule has 2 aromatic rings. The second-order valence-corrected chi connectivity index (χ2v) is 16.0. The number of benzene rings is 2. The molecule has 1 spiro atoms. The predicted molar refractivity (Wildman–Crippen MR) is 183 cm³/mol. The van der Waals surface area contributed by atoms with Gasteiger partial charge in [0, 0.05) is 42.6 Å². The number of carbonyl (C=O) groups excluding carboxylic acids is 2. The van der Waals surface area contributed by atoms with E-state index in [4.69, 9.17) is 21.1 Å². The first-order valence-corrected chi connectivity index (χ1v) is 18.7. The molecule has 0 unspecified atom stereocenters. The van der Waals surface area contributed by atoms with Crippen LogP contribution in [0.15, 0.2) is 52.9 Å². The molecule has 6 atom stereocenters.